The maximum atomic E-state index is 11.6. The van der Waals surface area contributed by atoms with Crippen molar-refractivity contribution in [2.45, 2.75) is 37.4 Å². The molecule has 0 amide bonds. The summed E-state index contributed by atoms with van der Waals surface area (Å²) in [5.74, 6) is -0.320. The van der Waals surface area contributed by atoms with Crippen molar-refractivity contribution in [3.63, 3.8) is 0 Å². The van der Waals surface area contributed by atoms with E-state index in [1.807, 2.05) is 36.5 Å². The summed E-state index contributed by atoms with van der Waals surface area (Å²) < 4.78 is 5.95. The average Bonchev–Trinajstić information content (AvgIpc) is 3.12. The van der Waals surface area contributed by atoms with Crippen molar-refractivity contribution in [1.82, 2.24) is 15.3 Å². The van der Waals surface area contributed by atoms with Crippen LogP contribution in [0.4, 0.5) is 0 Å². The highest BCUT2D eigenvalue weighted by atomic mass is 16.5. The van der Waals surface area contributed by atoms with Crippen molar-refractivity contribution in [1.29, 1.82) is 0 Å². The molecule has 0 bridgehead atoms. The fourth-order valence-corrected chi connectivity index (χ4v) is 3.70. The summed E-state index contributed by atoms with van der Waals surface area (Å²) >= 11 is 0. The van der Waals surface area contributed by atoms with Gasteiger partial charge in [0.2, 0.25) is 5.60 Å². The maximum absolute atomic E-state index is 11.6. The van der Waals surface area contributed by atoms with Crippen LogP contribution in [0, 0.1) is 0 Å². The first-order valence-electron chi connectivity index (χ1n) is 9.89. The van der Waals surface area contributed by atoms with E-state index in [4.69, 9.17) is 4.74 Å². The summed E-state index contributed by atoms with van der Waals surface area (Å²) in [7, 11) is 0. The molecule has 29 heavy (non-hydrogen) atoms. The van der Waals surface area contributed by atoms with Crippen LogP contribution in [0.25, 0.3) is 10.9 Å². The quantitative estimate of drug-likeness (QED) is 0.415. The number of carbonyl (C=O) groups is 1. The van der Waals surface area contributed by atoms with Gasteiger partial charge >= 0.3 is 5.97 Å². The molecule has 1 saturated carbocycles. The predicted molar refractivity (Wildman–Crippen MR) is 109 cm³/mol. The maximum Gasteiger partial charge on any atom is 0.348 e. The molecule has 4 N–H and O–H groups in total. The number of benzene rings is 1. The van der Waals surface area contributed by atoms with E-state index in [9.17, 15) is 15.0 Å². The summed E-state index contributed by atoms with van der Waals surface area (Å²) in [4.78, 5) is 18.9. The van der Waals surface area contributed by atoms with Crippen LogP contribution >= 0.6 is 0 Å². The minimum Gasteiger partial charge on any atom is -0.478 e. The number of aliphatic hydroxyl groups is 1. The molecule has 152 valence electrons. The van der Waals surface area contributed by atoms with Crippen LogP contribution in [-0.4, -0.2) is 44.8 Å². The number of aromatic amines is 1. The van der Waals surface area contributed by atoms with Crippen LogP contribution in [0.1, 0.15) is 36.5 Å². The smallest absolute Gasteiger partial charge is 0.348 e. The third-order valence-electron chi connectivity index (χ3n) is 5.60. The second-order valence-electron chi connectivity index (χ2n) is 7.50. The van der Waals surface area contributed by atoms with Gasteiger partial charge in [0.1, 0.15) is 5.75 Å². The van der Waals surface area contributed by atoms with Gasteiger partial charge in [-0.3, -0.25) is 4.98 Å². The standard InChI is InChI=1S/C22H25N3O4/c26-18(16-4-2-10-23-12-16)14-24-11-7-15-13-25-20-17(15)5-1-6-19(20)29-22(21(27)28)8-3-9-22/h1-2,4-6,10,12-13,18,24-26H,3,7-9,11,14H2,(H,27,28)/t18-/m1/s1. The van der Waals surface area contributed by atoms with Crippen LogP contribution < -0.4 is 10.1 Å². The Labute approximate surface area is 168 Å². The SMILES string of the molecule is O=C(O)C1(Oc2cccc3c(CCNC[C@@H](O)c4cccnc4)c[nH]c23)CCC1. The first kappa shape index (κ1) is 19.4. The molecule has 1 aliphatic rings. The third kappa shape index (κ3) is 3.97. The van der Waals surface area contributed by atoms with E-state index >= 15 is 0 Å². The molecule has 0 radical (unpaired) electrons. The summed E-state index contributed by atoms with van der Waals surface area (Å²) in [6.07, 6.45) is 7.40. The van der Waals surface area contributed by atoms with Crippen molar-refractivity contribution < 1.29 is 19.7 Å². The molecule has 0 aliphatic heterocycles. The number of carboxylic acid groups (broad SMARTS) is 1. The minimum atomic E-state index is -1.09. The first-order valence-corrected chi connectivity index (χ1v) is 9.89. The Kier molecular flexibility index (Phi) is 5.51. The molecule has 4 rings (SSSR count). The van der Waals surface area contributed by atoms with Gasteiger partial charge in [0.15, 0.2) is 0 Å². The second kappa shape index (κ2) is 8.23. The fourth-order valence-electron chi connectivity index (χ4n) is 3.70. The van der Waals surface area contributed by atoms with E-state index < -0.39 is 17.7 Å². The lowest BCUT2D eigenvalue weighted by atomic mass is 9.80. The highest BCUT2D eigenvalue weighted by Crippen LogP contribution is 2.39. The van der Waals surface area contributed by atoms with E-state index in [0.29, 0.717) is 31.7 Å². The topological polar surface area (TPSA) is 107 Å². The Balaban J connectivity index is 1.38. The van der Waals surface area contributed by atoms with Gasteiger partial charge in [-0.05, 0) is 49.9 Å². The normalized spacial score (nSPS) is 16.3. The first-order chi connectivity index (χ1) is 14.1. The van der Waals surface area contributed by atoms with E-state index in [-0.39, 0.29) is 0 Å². The zero-order valence-electron chi connectivity index (χ0n) is 16.1. The number of ether oxygens (including phenoxy) is 1. The van der Waals surface area contributed by atoms with Crippen LogP contribution in [0.5, 0.6) is 5.75 Å². The van der Waals surface area contributed by atoms with Crippen molar-refractivity contribution >= 4 is 16.9 Å². The highest BCUT2D eigenvalue weighted by molar-refractivity contribution is 5.89. The number of nitrogens with one attached hydrogen (secondary N) is 2. The Bertz CT molecular complexity index is 982. The lowest BCUT2D eigenvalue weighted by Gasteiger charge is -2.37. The third-order valence-corrected chi connectivity index (χ3v) is 5.60. The monoisotopic (exact) mass is 395 g/mol. The van der Waals surface area contributed by atoms with Crippen LogP contribution in [0.15, 0.2) is 48.9 Å². The molecular formula is C22H25N3O4. The Morgan fingerprint density at radius 3 is 2.86 bits per heavy atom. The van der Waals surface area contributed by atoms with Gasteiger partial charge in [-0.15, -0.1) is 0 Å². The zero-order valence-corrected chi connectivity index (χ0v) is 16.1. The van der Waals surface area contributed by atoms with Gasteiger partial charge < -0.3 is 25.3 Å². The van der Waals surface area contributed by atoms with Crippen LogP contribution in [0.2, 0.25) is 0 Å². The minimum absolute atomic E-state index is 0.448. The number of nitrogens with zero attached hydrogens (tertiary/aromatic N) is 1. The molecule has 1 atom stereocenters. The van der Waals surface area contributed by atoms with Crippen molar-refractivity contribution in [2.24, 2.45) is 0 Å². The number of fused-ring (bicyclic) bond motifs is 1. The molecule has 1 fully saturated rings. The molecule has 7 nitrogen and oxygen atoms in total. The van der Waals surface area contributed by atoms with Gasteiger partial charge in [-0.25, -0.2) is 4.79 Å². The molecular weight excluding hydrogens is 370 g/mol. The van der Waals surface area contributed by atoms with E-state index in [2.05, 4.69) is 15.3 Å². The number of pyridine rings is 1. The number of hydrogen-bond acceptors (Lipinski definition) is 5. The Morgan fingerprint density at radius 2 is 2.17 bits per heavy atom. The lowest BCUT2D eigenvalue weighted by molar-refractivity contribution is -0.163. The van der Waals surface area contributed by atoms with E-state index in [1.54, 1.807) is 12.4 Å². The number of hydrogen-bond donors (Lipinski definition) is 4. The lowest BCUT2D eigenvalue weighted by Crippen LogP contribution is -2.50. The van der Waals surface area contributed by atoms with Gasteiger partial charge in [0.25, 0.3) is 0 Å². The highest BCUT2D eigenvalue weighted by Gasteiger charge is 2.47. The second-order valence-corrected chi connectivity index (χ2v) is 7.50. The number of para-hydroxylation sites is 1. The van der Waals surface area contributed by atoms with Crippen molar-refractivity contribution in [3.8, 4) is 5.75 Å². The van der Waals surface area contributed by atoms with Crippen LogP contribution in [-0.2, 0) is 11.2 Å². The van der Waals surface area contributed by atoms with Crippen molar-refractivity contribution in [3.05, 3.63) is 60.0 Å². The molecule has 3 aromatic rings. The number of carboxylic acids is 1. The average molecular weight is 395 g/mol. The molecule has 2 aromatic heterocycles. The largest absolute Gasteiger partial charge is 0.478 e. The Hall–Kier alpha value is -2.90. The molecule has 0 unspecified atom stereocenters. The summed E-state index contributed by atoms with van der Waals surface area (Å²) in [5.41, 5.74) is 1.64. The van der Waals surface area contributed by atoms with E-state index in [1.165, 1.54) is 0 Å². The van der Waals surface area contributed by atoms with Gasteiger partial charge in [0, 0.05) is 36.1 Å². The molecule has 0 saturated heterocycles. The van der Waals surface area contributed by atoms with E-state index in [0.717, 1.165) is 34.9 Å². The number of H-pyrrole nitrogens is 1. The summed E-state index contributed by atoms with van der Waals surface area (Å²) in [6.45, 7) is 1.15. The number of rotatable bonds is 9. The molecule has 1 aromatic carbocycles. The molecule has 0 spiro atoms. The fraction of sp³-hybridized carbons (Fsp3) is 0.364. The predicted octanol–water partition coefficient (Wildman–Crippen LogP) is 2.81. The van der Waals surface area contributed by atoms with Crippen LogP contribution in [0.3, 0.4) is 0 Å². The molecule has 7 heteroatoms. The number of aliphatic carboxylic acids is 1. The number of aromatic nitrogens is 2. The van der Waals surface area contributed by atoms with Gasteiger partial charge in [0.05, 0.1) is 11.6 Å². The molecule has 2 heterocycles. The Morgan fingerprint density at radius 1 is 1.31 bits per heavy atom. The molecule has 1 aliphatic carbocycles. The zero-order chi connectivity index (χ0) is 20.3. The van der Waals surface area contributed by atoms with Crippen molar-refractivity contribution in [2.75, 3.05) is 13.1 Å². The summed E-state index contributed by atoms with van der Waals surface area (Å²) in [5, 5.41) is 24.0. The van der Waals surface area contributed by atoms with Gasteiger partial charge in [-0.1, -0.05) is 18.2 Å². The summed E-state index contributed by atoms with van der Waals surface area (Å²) in [6, 6.07) is 9.37. The number of aliphatic hydroxyl groups excluding tert-OH is 1. The van der Waals surface area contributed by atoms with Gasteiger partial charge in [-0.2, -0.15) is 0 Å².